The summed E-state index contributed by atoms with van der Waals surface area (Å²) in [6.45, 7) is 2.23. The Morgan fingerprint density at radius 2 is 1.83 bits per heavy atom. The summed E-state index contributed by atoms with van der Waals surface area (Å²) < 4.78 is 36.8. The molecule has 0 aromatic carbocycles. The van der Waals surface area contributed by atoms with Gasteiger partial charge in [-0.3, -0.25) is 4.79 Å². The zero-order valence-electron chi connectivity index (χ0n) is 7.25. The van der Waals surface area contributed by atoms with Gasteiger partial charge in [-0.25, -0.2) is 0 Å². The second-order valence-corrected chi connectivity index (χ2v) is 2.76. The summed E-state index contributed by atoms with van der Waals surface area (Å²) in [5, 5.41) is 2.00. The van der Waals surface area contributed by atoms with Crippen LogP contribution < -0.4 is 5.32 Å². The minimum Gasteiger partial charge on any atom is -0.358 e. The molecule has 0 saturated carbocycles. The fourth-order valence-electron chi connectivity index (χ4n) is 0.766. The van der Waals surface area contributed by atoms with Crippen molar-refractivity contribution in [3.05, 3.63) is 0 Å². The SMILES string of the molecule is CC[C@](C)(C(=O)NC)C(F)(F)F. The first-order valence-electron chi connectivity index (χ1n) is 3.58. The Morgan fingerprint density at radius 1 is 1.42 bits per heavy atom. The summed E-state index contributed by atoms with van der Waals surface area (Å²) in [4.78, 5) is 10.9. The third-order valence-corrected chi connectivity index (χ3v) is 2.06. The van der Waals surface area contributed by atoms with Crippen LogP contribution in [0.1, 0.15) is 20.3 Å². The number of carbonyl (C=O) groups excluding carboxylic acids is 1. The van der Waals surface area contributed by atoms with Crippen LogP contribution in [0.3, 0.4) is 0 Å². The molecule has 0 aliphatic carbocycles. The molecule has 0 aromatic heterocycles. The molecule has 0 aromatic rings. The zero-order chi connectivity index (χ0) is 9.99. The van der Waals surface area contributed by atoms with Crippen molar-refractivity contribution in [2.45, 2.75) is 26.4 Å². The van der Waals surface area contributed by atoms with Gasteiger partial charge in [0.2, 0.25) is 5.91 Å². The first-order chi connectivity index (χ1) is 5.29. The van der Waals surface area contributed by atoms with E-state index in [0.717, 1.165) is 6.92 Å². The number of amides is 1. The quantitative estimate of drug-likeness (QED) is 0.693. The number of nitrogens with one attached hydrogen (secondary N) is 1. The van der Waals surface area contributed by atoms with Crippen LogP contribution in [0.15, 0.2) is 0 Å². The zero-order valence-corrected chi connectivity index (χ0v) is 7.25. The molecule has 0 saturated heterocycles. The molecule has 1 atom stereocenters. The smallest absolute Gasteiger partial charge is 0.358 e. The van der Waals surface area contributed by atoms with Crippen LogP contribution >= 0.6 is 0 Å². The first-order valence-corrected chi connectivity index (χ1v) is 3.58. The number of alkyl halides is 3. The summed E-state index contributed by atoms with van der Waals surface area (Å²) in [7, 11) is 1.20. The molecule has 0 fully saturated rings. The van der Waals surface area contributed by atoms with E-state index < -0.39 is 17.5 Å². The van der Waals surface area contributed by atoms with E-state index in [0.29, 0.717) is 0 Å². The van der Waals surface area contributed by atoms with E-state index in [1.165, 1.54) is 14.0 Å². The molecular weight excluding hydrogens is 171 g/mol. The van der Waals surface area contributed by atoms with Crippen LogP contribution in [-0.2, 0) is 4.79 Å². The third-order valence-electron chi connectivity index (χ3n) is 2.06. The van der Waals surface area contributed by atoms with Crippen molar-refractivity contribution in [2.24, 2.45) is 5.41 Å². The van der Waals surface area contributed by atoms with Crippen LogP contribution in [0.5, 0.6) is 0 Å². The van der Waals surface area contributed by atoms with E-state index in [1.807, 2.05) is 5.32 Å². The lowest BCUT2D eigenvalue weighted by atomic mass is 9.86. The Bertz CT molecular complexity index is 178. The summed E-state index contributed by atoms with van der Waals surface area (Å²) in [5.41, 5.74) is -2.26. The Kier molecular flexibility index (Phi) is 3.12. The average Bonchev–Trinajstić information content (AvgIpc) is 1.99. The molecule has 0 radical (unpaired) electrons. The maximum atomic E-state index is 12.3. The van der Waals surface area contributed by atoms with Crippen LogP contribution in [0, 0.1) is 5.41 Å². The summed E-state index contributed by atoms with van der Waals surface area (Å²) in [6.07, 6.45) is -4.74. The van der Waals surface area contributed by atoms with Gasteiger partial charge in [0.15, 0.2) is 0 Å². The third kappa shape index (κ3) is 1.70. The Hall–Kier alpha value is -0.740. The predicted octanol–water partition coefficient (Wildman–Crippen LogP) is 1.71. The molecule has 1 amide bonds. The minimum atomic E-state index is -4.48. The highest BCUT2D eigenvalue weighted by Gasteiger charge is 2.54. The molecule has 5 heteroatoms. The number of halogens is 3. The van der Waals surface area contributed by atoms with Crippen LogP contribution in [0.25, 0.3) is 0 Å². The monoisotopic (exact) mass is 183 g/mol. The van der Waals surface area contributed by atoms with E-state index in [4.69, 9.17) is 0 Å². The highest BCUT2D eigenvalue weighted by atomic mass is 19.4. The maximum Gasteiger partial charge on any atom is 0.402 e. The molecule has 1 N–H and O–H groups in total. The van der Waals surface area contributed by atoms with Gasteiger partial charge >= 0.3 is 6.18 Å². The van der Waals surface area contributed by atoms with Crippen molar-refractivity contribution >= 4 is 5.91 Å². The second kappa shape index (κ2) is 3.33. The first kappa shape index (κ1) is 11.3. The molecule has 12 heavy (non-hydrogen) atoms. The van der Waals surface area contributed by atoms with Crippen molar-refractivity contribution < 1.29 is 18.0 Å². The van der Waals surface area contributed by atoms with Crippen molar-refractivity contribution in [1.29, 1.82) is 0 Å². The Labute approximate surface area is 69.1 Å². The Morgan fingerprint density at radius 3 is 1.92 bits per heavy atom. The molecule has 0 spiro atoms. The van der Waals surface area contributed by atoms with Crippen molar-refractivity contribution in [1.82, 2.24) is 5.32 Å². The molecule has 2 nitrogen and oxygen atoms in total. The number of carbonyl (C=O) groups is 1. The molecular formula is C7H12F3NO. The topological polar surface area (TPSA) is 29.1 Å². The van der Waals surface area contributed by atoms with Crippen molar-refractivity contribution in [2.75, 3.05) is 7.05 Å². The van der Waals surface area contributed by atoms with E-state index in [2.05, 4.69) is 0 Å². The average molecular weight is 183 g/mol. The van der Waals surface area contributed by atoms with Gasteiger partial charge in [0.25, 0.3) is 0 Å². The van der Waals surface area contributed by atoms with E-state index >= 15 is 0 Å². The number of hydrogen-bond donors (Lipinski definition) is 1. The maximum absolute atomic E-state index is 12.3. The van der Waals surface area contributed by atoms with Gasteiger partial charge < -0.3 is 5.32 Å². The fourth-order valence-corrected chi connectivity index (χ4v) is 0.766. The molecule has 0 bridgehead atoms. The lowest BCUT2D eigenvalue weighted by Gasteiger charge is -2.28. The molecule has 0 unspecified atom stereocenters. The second-order valence-electron chi connectivity index (χ2n) is 2.76. The van der Waals surface area contributed by atoms with Gasteiger partial charge in [0, 0.05) is 7.05 Å². The van der Waals surface area contributed by atoms with E-state index in [-0.39, 0.29) is 6.42 Å². The van der Waals surface area contributed by atoms with Crippen LogP contribution in [0.2, 0.25) is 0 Å². The van der Waals surface area contributed by atoms with Gasteiger partial charge in [-0.1, -0.05) is 6.92 Å². The largest absolute Gasteiger partial charge is 0.402 e. The highest BCUT2D eigenvalue weighted by molar-refractivity contribution is 5.82. The molecule has 0 aliphatic heterocycles. The molecule has 0 heterocycles. The predicted molar refractivity (Wildman–Crippen MR) is 38.5 cm³/mol. The Balaban J connectivity index is 4.80. The van der Waals surface area contributed by atoms with Crippen LogP contribution in [-0.4, -0.2) is 19.1 Å². The summed E-state index contributed by atoms with van der Waals surface area (Å²) in [6, 6.07) is 0. The minimum absolute atomic E-state index is 0.254. The van der Waals surface area contributed by atoms with E-state index in [9.17, 15) is 18.0 Å². The standard InChI is InChI=1S/C7H12F3NO/c1-4-6(2,5(12)11-3)7(8,9)10/h4H2,1-3H3,(H,11,12)/t6-/m1/s1. The van der Waals surface area contributed by atoms with E-state index in [1.54, 1.807) is 0 Å². The number of hydrogen-bond acceptors (Lipinski definition) is 1. The highest BCUT2D eigenvalue weighted by Crippen LogP contribution is 2.40. The fraction of sp³-hybridized carbons (Fsp3) is 0.857. The van der Waals surface area contributed by atoms with Gasteiger partial charge in [0.05, 0.1) is 0 Å². The van der Waals surface area contributed by atoms with Gasteiger partial charge in [0.1, 0.15) is 5.41 Å². The lowest BCUT2D eigenvalue weighted by Crippen LogP contribution is -2.47. The number of rotatable bonds is 2. The molecule has 0 aliphatic rings. The van der Waals surface area contributed by atoms with Gasteiger partial charge in [-0.2, -0.15) is 13.2 Å². The molecule has 0 rings (SSSR count). The summed E-state index contributed by atoms with van der Waals surface area (Å²) in [5.74, 6) is -0.988. The van der Waals surface area contributed by atoms with Crippen molar-refractivity contribution in [3.63, 3.8) is 0 Å². The lowest BCUT2D eigenvalue weighted by molar-refractivity contribution is -0.217. The van der Waals surface area contributed by atoms with Gasteiger partial charge in [-0.15, -0.1) is 0 Å². The van der Waals surface area contributed by atoms with Gasteiger partial charge in [-0.05, 0) is 13.3 Å². The normalized spacial score (nSPS) is 16.8. The summed E-state index contributed by atoms with van der Waals surface area (Å²) >= 11 is 0. The van der Waals surface area contributed by atoms with Crippen molar-refractivity contribution in [3.8, 4) is 0 Å². The van der Waals surface area contributed by atoms with Crippen LogP contribution in [0.4, 0.5) is 13.2 Å². The molecule has 72 valence electrons.